The van der Waals surface area contributed by atoms with Gasteiger partial charge in [-0.1, -0.05) is 29.0 Å². The van der Waals surface area contributed by atoms with Crippen molar-refractivity contribution in [3.8, 4) is 0 Å². The number of amides is 1. The lowest BCUT2D eigenvalue weighted by Gasteiger charge is -2.12. The van der Waals surface area contributed by atoms with Gasteiger partial charge in [-0.3, -0.25) is 4.79 Å². The molecule has 1 aromatic heterocycles. The van der Waals surface area contributed by atoms with Crippen LogP contribution in [0.4, 0.5) is 0 Å². The number of aromatic nitrogens is 1. The third kappa shape index (κ3) is 3.63. The lowest BCUT2D eigenvalue weighted by Crippen LogP contribution is -2.21. The van der Waals surface area contributed by atoms with E-state index in [4.69, 9.17) is 25.8 Å². The average molecular weight is 369 g/mol. The Bertz CT molecular complexity index is 840. The maximum absolute atomic E-state index is 12.3. The number of rotatable bonds is 5. The molecular weight excluding hydrogens is 352 g/mol. The molecule has 0 aliphatic carbocycles. The second-order valence-corrected chi connectivity index (χ2v) is 6.35. The first kappa shape index (κ1) is 17.0. The fraction of sp³-hybridized carbons (Fsp3) is 0.375. The standard InChI is InChI=1S/C16H17ClN2O4S/c1-2-21-7-6-19-14-11(17)4-3-5-13(14)24-16(19)18-15(20)12-10-22-8-9-23-12/h3-5,10H,2,6-9H2,1H3. The lowest BCUT2D eigenvalue weighted by molar-refractivity contribution is -0.119. The van der Waals surface area contributed by atoms with E-state index >= 15 is 0 Å². The Morgan fingerprint density at radius 3 is 3.08 bits per heavy atom. The average Bonchev–Trinajstić information content (AvgIpc) is 2.94. The van der Waals surface area contributed by atoms with Crippen LogP contribution in [0.1, 0.15) is 6.92 Å². The smallest absolute Gasteiger partial charge is 0.317 e. The molecular formula is C16H17ClN2O4S. The van der Waals surface area contributed by atoms with E-state index in [0.717, 1.165) is 10.2 Å². The van der Waals surface area contributed by atoms with Gasteiger partial charge in [-0.25, -0.2) is 0 Å². The van der Waals surface area contributed by atoms with Crippen molar-refractivity contribution in [3.05, 3.63) is 40.0 Å². The summed E-state index contributed by atoms with van der Waals surface area (Å²) in [6, 6.07) is 5.65. The molecule has 2 heterocycles. The SMILES string of the molecule is CCOCCn1c(=NC(=O)C2=COCCO2)sc2cccc(Cl)c21. The highest BCUT2D eigenvalue weighted by Gasteiger charge is 2.16. The van der Waals surface area contributed by atoms with Gasteiger partial charge in [0.15, 0.2) is 4.80 Å². The fourth-order valence-corrected chi connectivity index (χ4v) is 3.72. The van der Waals surface area contributed by atoms with E-state index < -0.39 is 5.91 Å². The van der Waals surface area contributed by atoms with Gasteiger partial charge in [0.2, 0.25) is 5.76 Å². The van der Waals surface area contributed by atoms with Crippen LogP contribution < -0.4 is 4.80 Å². The van der Waals surface area contributed by atoms with E-state index in [2.05, 4.69) is 4.99 Å². The summed E-state index contributed by atoms with van der Waals surface area (Å²) in [5.41, 5.74) is 0.852. The Labute approximate surface area is 147 Å². The monoisotopic (exact) mass is 368 g/mol. The zero-order valence-corrected chi connectivity index (χ0v) is 14.7. The molecule has 128 valence electrons. The van der Waals surface area contributed by atoms with Crippen molar-refractivity contribution in [1.29, 1.82) is 0 Å². The third-order valence-corrected chi connectivity index (χ3v) is 4.72. The third-order valence-electron chi connectivity index (χ3n) is 3.37. The second kappa shape index (κ2) is 7.83. The van der Waals surface area contributed by atoms with E-state index in [1.807, 2.05) is 29.7 Å². The first-order valence-corrected chi connectivity index (χ1v) is 8.79. The predicted octanol–water partition coefficient (Wildman–Crippen LogP) is 2.71. The number of halogens is 1. The summed E-state index contributed by atoms with van der Waals surface area (Å²) in [5, 5.41) is 0.616. The molecule has 0 N–H and O–H groups in total. The van der Waals surface area contributed by atoms with Crippen LogP contribution in [0.3, 0.4) is 0 Å². The van der Waals surface area contributed by atoms with Crippen molar-refractivity contribution in [2.75, 3.05) is 26.4 Å². The van der Waals surface area contributed by atoms with Gasteiger partial charge in [0.25, 0.3) is 0 Å². The number of fused-ring (bicyclic) bond motifs is 1. The van der Waals surface area contributed by atoms with Crippen LogP contribution in [0.5, 0.6) is 0 Å². The van der Waals surface area contributed by atoms with Gasteiger partial charge in [-0.05, 0) is 19.1 Å². The number of nitrogens with zero attached hydrogens (tertiary/aromatic N) is 2. The number of carbonyl (C=O) groups excluding carboxylic acids is 1. The number of benzene rings is 1. The Kier molecular flexibility index (Phi) is 5.55. The Morgan fingerprint density at radius 2 is 2.33 bits per heavy atom. The zero-order valence-electron chi connectivity index (χ0n) is 13.2. The van der Waals surface area contributed by atoms with Gasteiger partial charge in [-0.2, -0.15) is 4.99 Å². The minimum Gasteiger partial charge on any atom is -0.494 e. The minimum atomic E-state index is -0.470. The van der Waals surface area contributed by atoms with Crippen molar-refractivity contribution in [3.63, 3.8) is 0 Å². The van der Waals surface area contributed by atoms with Gasteiger partial charge in [0.05, 0.1) is 21.8 Å². The van der Waals surface area contributed by atoms with Crippen LogP contribution in [0.2, 0.25) is 5.02 Å². The molecule has 1 amide bonds. The normalized spacial score (nSPS) is 15.1. The number of thiazole rings is 1. The summed E-state index contributed by atoms with van der Waals surface area (Å²) in [6.45, 7) is 4.40. The van der Waals surface area contributed by atoms with Crippen molar-refractivity contribution < 1.29 is 19.0 Å². The molecule has 0 spiro atoms. The van der Waals surface area contributed by atoms with E-state index in [1.165, 1.54) is 17.6 Å². The summed E-state index contributed by atoms with van der Waals surface area (Å²) in [7, 11) is 0. The molecule has 2 aromatic rings. The van der Waals surface area contributed by atoms with Crippen LogP contribution in [-0.4, -0.2) is 36.9 Å². The number of carbonyl (C=O) groups is 1. The molecule has 6 nitrogen and oxygen atoms in total. The van der Waals surface area contributed by atoms with Gasteiger partial charge < -0.3 is 18.8 Å². The fourth-order valence-electron chi connectivity index (χ4n) is 2.30. The summed E-state index contributed by atoms with van der Waals surface area (Å²) in [4.78, 5) is 17.0. The van der Waals surface area contributed by atoms with Crippen molar-refractivity contribution >= 4 is 39.1 Å². The van der Waals surface area contributed by atoms with Gasteiger partial charge in [0.1, 0.15) is 19.5 Å². The molecule has 0 radical (unpaired) electrons. The number of para-hydroxylation sites is 1. The molecule has 1 aliphatic rings. The zero-order chi connectivity index (χ0) is 16.9. The second-order valence-electron chi connectivity index (χ2n) is 4.94. The van der Waals surface area contributed by atoms with Crippen molar-refractivity contribution in [2.24, 2.45) is 4.99 Å². The Hall–Kier alpha value is -1.83. The molecule has 3 rings (SSSR count). The van der Waals surface area contributed by atoms with Crippen LogP contribution in [0.15, 0.2) is 35.2 Å². The number of hydrogen-bond donors (Lipinski definition) is 0. The molecule has 1 aliphatic heterocycles. The molecule has 0 fully saturated rings. The Morgan fingerprint density at radius 1 is 1.46 bits per heavy atom. The Balaban J connectivity index is 2.03. The van der Waals surface area contributed by atoms with Gasteiger partial charge in [-0.15, -0.1) is 0 Å². The summed E-state index contributed by atoms with van der Waals surface area (Å²) >= 11 is 7.74. The largest absolute Gasteiger partial charge is 0.494 e. The molecule has 0 saturated carbocycles. The molecule has 0 atom stereocenters. The van der Waals surface area contributed by atoms with Crippen molar-refractivity contribution in [2.45, 2.75) is 13.5 Å². The van der Waals surface area contributed by atoms with E-state index in [0.29, 0.717) is 42.8 Å². The topological polar surface area (TPSA) is 62.1 Å². The molecule has 0 unspecified atom stereocenters. The van der Waals surface area contributed by atoms with E-state index in [1.54, 1.807) is 0 Å². The molecule has 1 aromatic carbocycles. The lowest BCUT2D eigenvalue weighted by atomic mass is 10.3. The van der Waals surface area contributed by atoms with Gasteiger partial charge in [0, 0.05) is 13.2 Å². The molecule has 8 heteroatoms. The van der Waals surface area contributed by atoms with Crippen LogP contribution in [-0.2, 0) is 25.5 Å². The van der Waals surface area contributed by atoms with Crippen LogP contribution >= 0.6 is 22.9 Å². The highest BCUT2D eigenvalue weighted by Crippen LogP contribution is 2.25. The summed E-state index contributed by atoms with van der Waals surface area (Å²) in [5.74, 6) is -0.358. The maximum atomic E-state index is 12.3. The maximum Gasteiger partial charge on any atom is 0.317 e. The quantitative estimate of drug-likeness (QED) is 0.761. The molecule has 24 heavy (non-hydrogen) atoms. The van der Waals surface area contributed by atoms with Crippen molar-refractivity contribution in [1.82, 2.24) is 4.57 Å². The number of hydrogen-bond acceptors (Lipinski definition) is 5. The highest BCUT2D eigenvalue weighted by molar-refractivity contribution is 7.16. The molecule has 0 saturated heterocycles. The first-order chi connectivity index (χ1) is 11.7. The number of ether oxygens (including phenoxy) is 3. The molecule has 0 bridgehead atoms. The van der Waals surface area contributed by atoms with Crippen LogP contribution in [0.25, 0.3) is 10.2 Å². The van der Waals surface area contributed by atoms with E-state index in [9.17, 15) is 4.79 Å². The van der Waals surface area contributed by atoms with Crippen LogP contribution in [0, 0.1) is 0 Å². The summed E-state index contributed by atoms with van der Waals surface area (Å²) < 4.78 is 18.7. The predicted molar refractivity (Wildman–Crippen MR) is 91.9 cm³/mol. The summed E-state index contributed by atoms with van der Waals surface area (Å²) in [6.07, 6.45) is 1.31. The first-order valence-electron chi connectivity index (χ1n) is 7.60. The van der Waals surface area contributed by atoms with E-state index in [-0.39, 0.29) is 5.76 Å². The minimum absolute atomic E-state index is 0.112. The highest BCUT2D eigenvalue weighted by atomic mass is 35.5. The van der Waals surface area contributed by atoms with Gasteiger partial charge >= 0.3 is 5.91 Å².